The predicted octanol–water partition coefficient (Wildman–Crippen LogP) is 0.461. The van der Waals surface area contributed by atoms with Gasteiger partial charge in [-0.05, 0) is 32.7 Å². The van der Waals surface area contributed by atoms with Crippen molar-refractivity contribution in [2.75, 3.05) is 26.2 Å². The van der Waals surface area contributed by atoms with Crippen molar-refractivity contribution in [2.24, 2.45) is 11.8 Å². The number of aliphatic hydroxyl groups is 1. The monoisotopic (exact) mass is 228 g/mol. The molecule has 4 nitrogen and oxygen atoms in total. The van der Waals surface area contributed by atoms with Gasteiger partial charge < -0.3 is 15.3 Å². The van der Waals surface area contributed by atoms with Crippen LogP contribution in [0.2, 0.25) is 0 Å². The number of amides is 1. The Morgan fingerprint density at radius 1 is 1.50 bits per heavy atom. The molecule has 94 valence electrons. The number of rotatable bonds is 5. The molecule has 0 aromatic carbocycles. The van der Waals surface area contributed by atoms with E-state index in [4.69, 9.17) is 5.11 Å². The second-order valence-corrected chi connectivity index (χ2v) is 4.94. The zero-order valence-corrected chi connectivity index (χ0v) is 10.6. The zero-order chi connectivity index (χ0) is 12.1. The Hall–Kier alpha value is -0.610. The first kappa shape index (κ1) is 13.5. The van der Waals surface area contributed by atoms with Gasteiger partial charge in [0.05, 0.1) is 5.92 Å². The highest BCUT2D eigenvalue weighted by atomic mass is 16.3. The van der Waals surface area contributed by atoms with E-state index in [0.29, 0.717) is 18.9 Å². The zero-order valence-electron chi connectivity index (χ0n) is 10.6. The lowest BCUT2D eigenvalue weighted by molar-refractivity contribution is -0.137. The molecule has 0 aromatic rings. The average molecular weight is 228 g/mol. The Labute approximate surface area is 98.0 Å². The first-order chi connectivity index (χ1) is 7.57. The van der Waals surface area contributed by atoms with Crippen LogP contribution in [0.3, 0.4) is 0 Å². The Morgan fingerprint density at radius 2 is 2.19 bits per heavy atom. The highest BCUT2D eigenvalue weighted by molar-refractivity contribution is 5.80. The van der Waals surface area contributed by atoms with Gasteiger partial charge in [-0.3, -0.25) is 4.79 Å². The summed E-state index contributed by atoms with van der Waals surface area (Å²) in [5, 5.41) is 12.1. The minimum atomic E-state index is 0.112. The van der Waals surface area contributed by atoms with Crippen LogP contribution in [0.25, 0.3) is 0 Å². The predicted molar refractivity (Wildman–Crippen MR) is 64.1 cm³/mol. The molecule has 1 aliphatic heterocycles. The van der Waals surface area contributed by atoms with Gasteiger partial charge in [0, 0.05) is 25.7 Å². The summed E-state index contributed by atoms with van der Waals surface area (Å²) in [4.78, 5) is 14.2. The van der Waals surface area contributed by atoms with Gasteiger partial charge in [0.25, 0.3) is 0 Å². The fourth-order valence-electron chi connectivity index (χ4n) is 2.22. The molecular weight excluding hydrogens is 204 g/mol. The van der Waals surface area contributed by atoms with E-state index >= 15 is 0 Å². The molecule has 1 rings (SSSR count). The molecule has 16 heavy (non-hydrogen) atoms. The van der Waals surface area contributed by atoms with Crippen molar-refractivity contribution >= 4 is 5.91 Å². The highest BCUT2D eigenvalue weighted by Gasteiger charge is 2.33. The molecule has 2 atom stereocenters. The third-order valence-electron chi connectivity index (χ3n) is 3.30. The molecule has 1 saturated heterocycles. The van der Waals surface area contributed by atoms with Crippen LogP contribution in [0, 0.1) is 11.8 Å². The standard InChI is InChI=1S/C12H24N2O2/c1-9(2)14(5-4-6-15)12(16)11-8-13-7-10(11)3/h9-11,13,15H,4-8H2,1-3H3. The fraction of sp³-hybridized carbons (Fsp3) is 0.917. The van der Waals surface area contributed by atoms with Crippen LogP contribution in [0.1, 0.15) is 27.2 Å². The Morgan fingerprint density at radius 3 is 2.62 bits per heavy atom. The lowest BCUT2D eigenvalue weighted by atomic mass is 9.96. The van der Waals surface area contributed by atoms with E-state index in [2.05, 4.69) is 12.2 Å². The molecular formula is C12H24N2O2. The maximum Gasteiger partial charge on any atom is 0.227 e. The van der Waals surface area contributed by atoms with Crippen molar-refractivity contribution in [2.45, 2.75) is 33.2 Å². The second kappa shape index (κ2) is 6.21. The van der Waals surface area contributed by atoms with Crippen LogP contribution < -0.4 is 5.32 Å². The summed E-state index contributed by atoms with van der Waals surface area (Å²) in [6.07, 6.45) is 0.665. The highest BCUT2D eigenvalue weighted by Crippen LogP contribution is 2.20. The molecule has 1 aliphatic rings. The number of carbonyl (C=O) groups is 1. The quantitative estimate of drug-likeness (QED) is 0.719. The van der Waals surface area contributed by atoms with Crippen molar-refractivity contribution in [3.63, 3.8) is 0 Å². The lowest BCUT2D eigenvalue weighted by Gasteiger charge is -2.30. The van der Waals surface area contributed by atoms with E-state index in [1.807, 2.05) is 18.7 Å². The SMILES string of the molecule is CC1CNCC1C(=O)N(CCCO)C(C)C. The largest absolute Gasteiger partial charge is 0.396 e. The number of hydrogen-bond donors (Lipinski definition) is 2. The summed E-state index contributed by atoms with van der Waals surface area (Å²) < 4.78 is 0. The van der Waals surface area contributed by atoms with Crippen molar-refractivity contribution in [3.8, 4) is 0 Å². The number of nitrogens with zero attached hydrogens (tertiary/aromatic N) is 1. The van der Waals surface area contributed by atoms with Gasteiger partial charge in [0.15, 0.2) is 0 Å². The van der Waals surface area contributed by atoms with Crippen LogP contribution in [0.5, 0.6) is 0 Å². The molecule has 1 fully saturated rings. The van der Waals surface area contributed by atoms with Crippen molar-refractivity contribution in [3.05, 3.63) is 0 Å². The smallest absolute Gasteiger partial charge is 0.227 e. The molecule has 2 unspecified atom stereocenters. The number of carbonyl (C=O) groups excluding carboxylic acids is 1. The van der Waals surface area contributed by atoms with Crippen molar-refractivity contribution in [1.29, 1.82) is 0 Å². The van der Waals surface area contributed by atoms with Gasteiger partial charge in [0.1, 0.15) is 0 Å². The number of aliphatic hydroxyl groups excluding tert-OH is 1. The molecule has 0 aromatic heterocycles. The third kappa shape index (κ3) is 3.19. The van der Waals surface area contributed by atoms with Crippen LogP contribution in [-0.4, -0.2) is 48.2 Å². The summed E-state index contributed by atoms with van der Waals surface area (Å²) in [6.45, 7) is 8.72. The van der Waals surface area contributed by atoms with Crippen LogP contribution in [0.15, 0.2) is 0 Å². The molecule has 1 amide bonds. The van der Waals surface area contributed by atoms with E-state index in [0.717, 1.165) is 13.1 Å². The number of hydrogen-bond acceptors (Lipinski definition) is 3. The third-order valence-corrected chi connectivity index (χ3v) is 3.30. The van der Waals surface area contributed by atoms with E-state index < -0.39 is 0 Å². The van der Waals surface area contributed by atoms with Gasteiger partial charge in [-0.25, -0.2) is 0 Å². The minimum Gasteiger partial charge on any atom is -0.396 e. The van der Waals surface area contributed by atoms with Crippen molar-refractivity contribution < 1.29 is 9.90 Å². The van der Waals surface area contributed by atoms with Gasteiger partial charge in [-0.2, -0.15) is 0 Å². The van der Waals surface area contributed by atoms with Gasteiger partial charge in [-0.1, -0.05) is 6.92 Å². The molecule has 0 aliphatic carbocycles. The summed E-state index contributed by atoms with van der Waals surface area (Å²) >= 11 is 0. The molecule has 2 N–H and O–H groups in total. The second-order valence-electron chi connectivity index (χ2n) is 4.94. The van der Waals surface area contributed by atoms with E-state index in [1.54, 1.807) is 0 Å². The maximum atomic E-state index is 12.3. The maximum absolute atomic E-state index is 12.3. The minimum absolute atomic E-state index is 0.112. The summed E-state index contributed by atoms with van der Waals surface area (Å²) in [5.74, 6) is 0.768. The molecule has 0 bridgehead atoms. The van der Waals surface area contributed by atoms with Crippen LogP contribution in [0.4, 0.5) is 0 Å². The van der Waals surface area contributed by atoms with Gasteiger partial charge in [-0.15, -0.1) is 0 Å². The first-order valence-corrected chi connectivity index (χ1v) is 6.20. The lowest BCUT2D eigenvalue weighted by Crippen LogP contribution is -2.43. The molecule has 0 spiro atoms. The summed E-state index contributed by atoms with van der Waals surface area (Å²) in [7, 11) is 0. The summed E-state index contributed by atoms with van der Waals surface area (Å²) in [5.41, 5.74) is 0. The van der Waals surface area contributed by atoms with Crippen molar-refractivity contribution in [1.82, 2.24) is 10.2 Å². The molecule has 0 saturated carbocycles. The van der Waals surface area contributed by atoms with E-state index in [1.165, 1.54) is 0 Å². The normalized spacial score (nSPS) is 25.1. The fourth-order valence-corrected chi connectivity index (χ4v) is 2.22. The average Bonchev–Trinajstić information content (AvgIpc) is 2.64. The molecule has 0 radical (unpaired) electrons. The van der Waals surface area contributed by atoms with Crippen LogP contribution in [-0.2, 0) is 4.79 Å². The molecule has 1 heterocycles. The summed E-state index contributed by atoms with van der Waals surface area (Å²) in [6, 6.07) is 0.215. The number of nitrogens with one attached hydrogen (secondary N) is 1. The van der Waals surface area contributed by atoms with Gasteiger partial charge in [0.2, 0.25) is 5.91 Å². The topological polar surface area (TPSA) is 52.6 Å². The Balaban J connectivity index is 2.59. The Kier molecular flexibility index (Phi) is 5.22. The first-order valence-electron chi connectivity index (χ1n) is 6.20. The Bertz CT molecular complexity index is 231. The van der Waals surface area contributed by atoms with Gasteiger partial charge >= 0.3 is 0 Å². The van der Waals surface area contributed by atoms with Crippen LogP contribution >= 0.6 is 0 Å². The molecule has 4 heteroatoms. The van der Waals surface area contributed by atoms with E-state index in [-0.39, 0.29) is 24.5 Å². The van der Waals surface area contributed by atoms with E-state index in [9.17, 15) is 4.79 Å².